The molecule has 3 aromatic heterocycles. The first kappa shape index (κ1) is 16.8. The fraction of sp³-hybridized carbons (Fsp3) is 0.250. The van der Waals surface area contributed by atoms with E-state index in [1.807, 2.05) is 4.90 Å². The number of alkyl halides is 3. The molecule has 4 rings (SSSR count). The van der Waals surface area contributed by atoms with Crippen LogP contribution in [0.25, 0.3) is 11.4 Å². The van der Waals surface area contributed by atoms with Gasteiger partial charge in [0.2, 0.25) is 5.82 Å². The van der Waals surface area contributed by atoms with Crippen LogP contribution < -0.4 is 4.90 Å². The van der Waals surface area contributed by atoms with E-state index in [1.54, 1.807) is 12.1 Å². The molecule has 26 heavy (non-hydrogen) atoms. The standard InChI is InChI=1S/C16H11ClF3N5O/c17-12-5-13(24-14(23-12)9-2-4-26-8-9)25-3-1-11-10(7-25)6-21-15(22-11)16(18,19)20/h2,4-6,8H,1,3,7H2. The summed E-state index contributed by atoms with van der Waals surface area (Å²) >= 11 is 6.10. The Balaban J connectivity index is 1.63. The number of anilines is 1. The third kappa shape index (κ3) is 3.22. The highest BCUT2D eigenvalue weighted by atomic mass is 35.5. The van der Waals surface area contributed by atoms with Crippen LogP contribution in [0, 0.1) is 0 Å². The van der Waals surface area contributed by atoms with Crippen molar-refractivity contribution in [2.45, 2.75) is 19.1 Å². The van der Waals surface area contributed by atoms with E-state index in [4.69, 9.17) is 16.0 Å². The first-order chi connectivity index (χ1) is 12.4. The quantitative estimate of drug-likeness (QED) is 0.630. The van der Waals surface area contributed by atoms with Crippen molar-refractivity contribution in [2.24, 2.45) is 0 Å². The van der Waals surface area contributed by atoms with Gasteiger partial charge in [-0.15, -0.1) is 0 Å². The van der Waals surface area contributed by atoms with Crippen molar-refractivity contribution in [2.75, 3.05) is 11.4 Å². The molecule has 0 unspecified atom stereocenters. The highest BCUT2D eigenvalue weighted by molar-refractivity contribution is 6.29. The van der Waals surface area contributed by atoms with Crippen LogP contribution in [0.15, 0.2) is 35.3 Å². The molecule has 0 fully saturated rings. The van der Waals surface area contributed by atoms with Crippen LogP contribution >= 0.6 is 11.6 Å². The summed E-state index contributed by atoms with van der Waals surface area (Å²) in [5.74, 6) is -0.125. The molecule has 0 N–H and O–H groups in total. The normalized spacial score (nSPS) is 14.4. The Kier molecular flexibility index (Phi) is 4.03. The van der Waals surface area contributed by atoms with Gasteiger partial charge in [0.05, 0.1) is 17.5 Å². The van der Waals surface area contributed by atoms with E-state index in [-0.39, 0.29) is 5.15 Å². The fourth-order valence-corrected chi connectivity index (χ4v) is 2.91. The van der Waals surface area contributed by atoms with Gasteiger partial charge in [0, 0.05) is 37.3 Å². The Morgan fingerprint density at radius 3 is 2.77 bits per heavy atom. The summed E-state index contributed by atoms with van der Waals surface area (Å²) in [6, 6.07) is 3.33. The molecule has 0 aromatic carbocycles. The predicted octanol–water partition coefficient (Wildman–Crippen LogP) is 3.76. The molecule has 4 heterocycles. The van der Waals surface area contributed by atoms with Crippen LogP contribution in [0.2, 0.25) is 5.15 Å². The molecule has 10 heteroatoms. The zero-order valence-corrected chi connectivity index (χ0v) is 13.9. The summed E-state index contributed by atoms with van der Waals surface area (Å²) < 4.78 is 43.3. The second-order valence-electron chi connectivity index (χ2n) is 5.72. The molecule has 0 amide bonds. The lowest BCUT2D eigenvalue weighted by atomic mass is 10.1. The Morgan fingerprint density at radius 2 is 2.04 bits per heavy atom. The van der Waals surface area contributed by atoms with Gasteiger partial charge in [-0.3, -0.25) is 0 Å². The maximum atomic E-state index is 12.7. The molecular formula is C16H11ClF3N5O. The minimum absolute atomic E-state index is 0.265. The third-order valence-corrected chi connectivity index (χ3v) is 4.17. The van der Waals surface area contributed by atoms with Gasteiger partial charge >= 0.3 is 6.18 Å². The molecule has 3 aromatic rings. The van der Waals surface area contributed by atoms with Gasteiger partial charge in [-0.2, -0.15) is 13.2 Å². The van der Waals surface area contributed by atoms with Crippen LogP contribution in [-0.2, 0) is 19.1 Å². The average molecular weight is 382 g/mol. The van der Waals surface area contributed by atoms with Crippen LogP contribution in [0.5, 0.6) is 0 Å². The lowest BCUT2D eigenvalue weighted by Crippen LogP contribution is -2.32. The van der Waals surface area contributed by atoms with Crippen molar-refractivity contribution >= 4 is 17.4 Å². The predicted molar refractivity (Wildman–Crippen MR) is 86.5 cm³/mol. The highest BCUT2D eigenvalue weighted by Gasteiger charge is 2.35. The van der Waals surface area contributed by atoms with E-state index in [0.29, 0.717) is 48.0 Å². The Morgan fingerprint density at radius 1 is 1.19 bits per heavy atom. The molecule has 1 aliphatic heterocycles. The molecule has 0 saturated heterocycles. The van der Waals surface area contributed by atoms with Crippen molar-refractivity contribution in [3.63, 3.8) is 0 Å². The maximum absolute atomic E-state index is 12.7. The minimum Gasteiger partial charge on any atom is -0.472 e. The zero-order valence-electron chi connectivity index (χ0n) is 13.2. The Labute approximate surface area is 150 Å². The molecular weight excluding hydrogens is 371 g/mol. The number of hydrogen-bond donors (Lipinski definition) is 0. The van der Waals surface area contributed by atoms with Gasteiger partial charge in [0.15, 0.2) is 5.82 Å². The second kappa shape index (κ2) is 6.24. The van der Waals surface area contributed by atoms with E-state index < -0.39 is 12.0 Å². The average Bonchev–Trinajstić information content (AvgIpc) is 3.14. The lowest BCUT2D eigenvalue weighted by molar-refractivity contribution is -0.145. The third-order valence-electron chi connectivity index (χ3n) is 3.97. The van der Waals surface area contributed by atoms with E-state index >= 15 is 0 Å². The van der Waals surface area contributed by atoms with Crippen molar-refractivity contribution < 1.29 is 17.6 Å². The zero-order chi connectivity index (χ0) is 18.3. The molecule has 0 bridgehead atoms. The summed E-state index contributed by atoms with van der Waals surface area (Å²) in [5, 5.41) is 0.265. The SMILES string of the molecule is FC(F)(F)c1ncc2c(n1)CCN(c1cc(Cl)nc(-c3ccoc3)n1)C2. The number of aromatic nitrogens is 4. The molecule has 6 nitrogen and oxygen atoms in total. The van der Waals surface area contributed by atoms with Crippen molar-refractivity contribution in [1.82, 2.24) is 19.9 Å². The minimum atomic E-state index is -4.55. The Bertz CT molecular complexity index is 946. The molecule has 0 radical (unpaired) electrons. The smallest absolute Gasteiger partial charge is 0.451 e. The van der Waals surface area contributed by atoms with Crippen molar-refractivity contribution in [1.29, 1.82) is 0 Å². The fourth-order valence-electron chi connectivity index (χ4n) is 2.74. The maximum Gasteiger partial charge on any atom is 0.451 e. The lowest BCUT2D eigenvalue weighted by Gasteiger charge is -2.29. The monoisotopic (exact) mass is 381 g/mol. The van der Waals surface area contributed by atoms with E-state index in [0.717, 1.165) is 0 Å². The highest BCUT2D eigenvalue weighted by Crippen LogP contribution is 2.29. The summed E-state index contributed by atoms with van der Waals surface area (Å²) in [4.78, 5) is 17.6. The van der Waals surface area contributed by atoms with Gasteiger partial charge in [-0.25, -0.2) is 19.9 Å². The summed E-state index contributed by atoms with van der Waals surface area (Å²) in [5.41, 5.74) is 1.71. The van der Waals surface area contributed by atoms with E-state index in [1.165, 1.54) is 18.7 Å². The van der Waals surface area contributed by atoms with Gasteiger partial charge in [-0.1, -0.05) is 11.6 Å². The largest absolute Gasteiger partial charge is 0.472 e. The summed E-state index contributed by atoms with van der Waals surface area (Å²) in [6.45, 7) is 0.797. The number of furan rings is 1. The van der Waals surface area contributed by atoms with Crippen molar-refractivity contribution in [3.05, 3.63) is 53.1 Å². The molecule has 0 spiro atoms. The first-order valence-corrected chi connectivity index (χ1v) is 8.02. The van der Waals surface area contributed by atoms with E-state index in [9.17, 15) is 13.2 Å². The number of halogens is 4. The molecule has 0 saturated carbocycles. The number of hydrogen-bond acceptors (Lipinski definition) is 6. The van der Waals surface area contributed by atoms with Gasteiger partial charge in [-0.05, 0) is 6.07 Å². The van der Waals surface area contributed by atoms with Crippen LogP contribution in [0.1, 0.15) is 17.1 Å². The van der Waals surface area contributed by atoms with Crippen LogP contribution in [0.3, 0.4) is 0 Å². The van der Waals surface area contributed by atoms with Gasteiger partial charge in [0.1, 0.15) is 17.2 Å². The van der Waals surface area contributed by atoms with Gasteiger partial charge < -0.3 is 9.32 Å². The molecule has 0 aliphatic carbocycles. The Hall–Kier alpha value is -2.68. The molecule has 134 valence electrons. The molecule has 0 atom stereocenters. The topological polar surface area (TPSA) is 67.9 Å². The number of nitrogens with zero attached hydrogens (tertiary/aromatic N) is 5. The number of rotatable bonds is 2. The van der Waals surface area contributed by atoms with Gasteiger partial charge in [0.25, 0.3) is 0 Å². The first-order valence-electron chi connectivity index (χ1n) is 7.64. The van der Waals surface area contributed by atoms with Crippen molar-refractivity contribution in [3.8, 4) is 11.4 Å². The summed E-state index contributed by atoms with van der Waals surface area (Å²) in [6.07, 6.45) is 0.0337. The van der Waals surface area contributed by atoms with E-state index in [2.05, 4.69) is 19.9 Å². The van der Waals surface area contributed by atoms with Crippen LogP contribution in [-0.4, -0.2) is 26.5 Å². The second-order valence-corrected chi connectivity index (χ2v) is 6.11. The number of fused-ring (bicyclic) bond motifs is 1. The summed E-state index contributed by atoms with van der Waals surface area (Å²) in [7, 11) is 0. The van der Waals surface area contributed by atoms with Crippen LogP contribution in [0.4, 0.5) is 19.0 Å². The molecule has 1 aliphatic rings.